The van der Waals surface area contributed by atoms with Crippen LogP contribution in [0.4, 0.5) is 10.1 Å². The number of halogens is 1. The zero-order valence-electron chi connectivity index (χ0n) is 13.2. The molecule has 0 spiro atoms. The molecule has 0 amide bonds. The Morgan fingerprint density at radius 3 is 3.00 bits per heavy atom. The summed E-state index contributed by atoms with van der Waals surface area (Å²) in [6.07, 6.45) is 3.62. The van der Waals surface area contributed by atoms with Crippen LogP contribution in [0, 0.1) is 11.7 Å². The standard InChI is InChI=1S/C17H27FN2O/c1-3-14-5-4-9-20(13-14)17-7-6-15(11-16(17)18)12-19-8-10-21-2/h6-7,11,14,19H,3-5,8-10,12-13H2,1-2H3. The van der Waals surface area contributed by atoms with Crippen molar-refractivity contribution < 1.29 is 9.13 Å². The number of nitrogens with zero attached hydrogens (tertiary/aromatic N) is 1. The Balaban J connectivity index is 1.95. The van der Waals surface area contributed by atoms with Crippen molar-refractivity contribution >= 4 is 5.69 Å². The zero-order valence-corrected chi connectivity index (χ0v) is 13.2. The number of piperidine rings is 1. The fraction of sp³-hybridized carbons (Fsp3) is 0.647. The molecule has 0 radical (unpaired) electrons. The van der Waals surface area contributed by atoms with Gasteiger partial charge in [-0.1, -0.05) is 19.4 Å². The maximum atomic E-state index is 14.3. The molecule has 1 aromatic carbocycles. The third-order valence-corrected chi connectivity index (χ3v) is 4.26. The van der Waals surface area contributed by atoms with Crippen LogP contribution in [-0.2, 0) is 11.3 Å². The van der Waals surface area contributed by atoms with E-state index in [1.54, 1.807) is 13.2 Å². The first kappa shape index (κ1) is 16.2. The van der Waals surface area contributed by atoms with E-state index in [2.05, 4.69) is 17.1 Å². The van der Waals surface area contributed by atoms with E-state index in [9.17, 15) is 4.39 Å². The van der Waals surface area contributed by atoms with E-state index in [0.29, 0.717) is 19.1 Å². The molecule has 2 rings (SSSR count). The summed E-state index contributed by atoms with van der Waals surface area (Å²) in [7, 11) is 1.68. The van der Waals surface area contributed by atoms with Gasteiger partial charge >= 0.3 is 0 Å². The van der Waals surface area contributed by atoms with Crippen molar-refractivity contribution in [3.63, 3.8) is 0 Å². The van der Waals surface area contributed by atoms with Crippen LogP contribution in [0.15, 0.2) is 18.2 Å². The minimum Gasteiger partial charge on any atom is -0.383 e. The van der Waals surface area contributed by atoms with Crippen LogP contribution in [0.2, 0.25) is 0 Å². The Hall–Kier alpha value is -1.13. The first-order valence-electron chi connectivity index (χ1n) is 7.97. The van der Waals surface area contributed by atoms with Gasteiger partial charge in [0.15, 0.2) is 0 Å². The number of benzene rings is 1. The molecule has 4 heteroatoms. The molecule has 1 N–H and O–H groups in total. The molecule has 118 valence electrons. The molecule has 1 aliphatic rings. The van der Waals surface area contributed by atoms with Crippen molar-refractivity contribution in [2.24, 2.45) is 5.92 Å². The Labute approximate surface area is 127 Å². The largest absolute Gasteiger partial charge is 0.383 e. The highest BCUT2D eigenvalue weighted by Gasteiger charge is 2.20. The number of nitrogens with one attached hydrogen (secondary N) is 1. The average molecular weight is 294 g/mol. The van der Waals surface area contributed by atoms with Gasteiger partial charge in [0.25, 0.3) is 0 Å². The maximum absolute atomic E-state index is 14.3. The summed E-state index contributed by atoms with van der Waals surface area (Å²) in [6, 6.07) is 5.61. The minimum atomic E-state index is -0.0993. The second kappa shape index (κ2) is 8.35. The van der Waals surface area contributed by atoms with E-state index in [0.717, 1.165) is 37.3 Å². The summed E-state index contributed by atoms with van der Waals surface area (Å²) >= 11 is 0. The molecule has 21 heavy (non-hydrogen) atoms. The summed E-state index contributed by atoms with van der Waals surface area (Å²) in [5.41, 5.74) is 1.74. The lowest BCUT2D eigenvalue weighted by Gasteiger charge is -2.34. The summed E-state index contributed by atoms with van der Waals surface area (Å²) in [6.45, 7) is 6.31. The third kappa shape index (κ3) is 4.68. The van der Waals surface area contributed by atoms with Gasteiger partial charge < -0.3 is 15.0 Å². The molecule has 1 saturated heterocycles. The van der Waals surface area contributed by atoms with Crippen molar-refractivity contribution in [1.82, 2.24) is 5.32 Å². The van der Waals surface area contributed by atoms with Gasteiger partial charge in [-0.05, 0) is 36.5 Å². The van der Waals surface area contributed by atoms with Crippen molar-refractivity contribution in [1.29, 1.82) is 0 Å². The maximum Gasteiger partial charge on any atom is 0.146 e. The van der Waals surface area contributed by atoms with Gasteiger partial charge in [-0.15, -0.1) is 0 Å². The van der Waals surface area contributed by atoms with Gasteiger partial charge in [0.05, 0.1) is 12.3 Å². The van der Waals surface area contributed by atoms with E-state index in [-0.39, 0.29) is 5.82 Å². The molecule has 1 unspecified atom stereocenters. The number of hydrogen-bond donors (Lipinski definition) is 1. The first-order chi connectivity index (χ1) is 10.2. The van der Waals surface area contributed by atoms with Gasteiger partial charge in [-0.25, -0.2) is 4.39 Å². The Bertz CT molecular complexity index is 439. The Morgan fingerprint density at radius 1 is 1.43 bits per heavy atom. The summed E-state index contributed by atoms with van der Waals surface area (Å²) in [4.78, 5) is 2.20. The van der Waals surface area contributed by atoms with Crippen molar-refractivity contribution in [2.75, 3.05) is 38.3 Å². The topological polar surface area (TPSA) is 24.5 Å². The van der Waals surface area contributed by atoms with Gasteiger partial charge in [-0.3, -0.25) is 0 Å². The van der Waals surface area contributed by atoms with E-state index < -0.39 is 0 Å². The smallest absolute Gasteiger partial charge is 0.146 e. The van der Waals surface area contributed by atoms with E-state index in [4.69, 9.17) is 4.74 Å². The summed E-state index contributed by atoms with van der Waals surface area (Å²) < 4.78 is 19.3. The second-order valence-electron chi connectivity index (χ2n) is 5.82. The molecule has 0 aliphatic carbocycles. The van der Waals surface area contributed by atoms with Gasteiger partial charge in [-0.2, -0.15) is 0 Å². The zero-order chi connectivity index (χ0) is 15.1. The lowest BCUT2D eigenvalue weighted by atomic mass is 9.95. The fourth-order valence-electron chi connectivity index (χ4n) is 2.94. The average Bonchev–Trinajstić information content (AvgIpc) is 2.52. The van der Waals surface area contributed by atoms with Crippen LogP contribution in [0.1, 0.15) is 31.7 Å². The highest BCUT2D eigenvalue weighted by Crippen LogP contribution is 2.27. The van der Waals surface area contributed by atoms with Crippen molar-refractivity contribution in [3.8, 4) is 0 Å². The van der Waals surface area contributed by atoms with Crippen LogP contribution >= 0.6 is 0 Å². The molecular weight excluding hydrogens is 267 g/mol. The number of rotatable bonds is 7. The number of methoxy groups -OCH3 is 1. The van der Waals surface area contributed by atoms with Crippen molar-refractivity contribution in [3.05, 3.63) is 29.6 Å². The predicted molar refractivity (Wildman–Crippen MR) is 85.2 cm³/mol. The highest BCUT2D eigenvalue weighted by molar-refractivity contribution is 5.49. The Morgan fingerprint density at radius 2 is 2.29 bits per heavy atom. The number of anilines is 1. The van der Waals surface area contributed by atoms with Crippen LogP contribution in [0.25, 0.3) is 0 Å². The van der Waals surface area contributed by atoms with Crippen molar-refractivity contribution in [2.45, 2.75) is 32.7 Å². The second-order valence-corrected chi connectivity index (χ2v) is 5.82. The lowest BCUT2D eigenvalue weighted by Crippen LogP contribution is -2.35. The predicted octanol–water partition coefficient (Wildman–Crippen LogP) is 3.19. The number of ether oxygens (including phenoxy) is 1. The normalized spacial score (nSPS) is 19.0. The summed E-state index contributed by atoms with van der Waals surface area (Å²) in [5.74, 6) is 0.603. The van der Waals surface area contributed by atoms with Gasteiger partial charge in [0.2, 0.25) is 0 Å². The highest BCUT2D eigenvalue weighted by atomic mass is 19.1. The van der Waals surface area contributed by atoms with E-state index in [1.165, 1.54) is 12.8 Å². The van der Waals surface area contributed by atoms with Crippen LogP contribution < -0.4 is 10.2 Å². The molecule has 1 aliphatic heterocycles. The molecular formula is C17H27FN2O. The SMILES string of the molecule is CCC1CCCN(c2ccc(CNCCOC)cc2F)C1. The van der Waals surface area contributed by atoms with Gasteiger partial charge in [0.1, 0.15) is 5.82 Å². The van der Waals surface area contributed by atoms with Crippen LogP contribution in [-0.4, -0.2) is 33.4 Å². The molecule has 1 atom stereocenters. The lowest BCUT2D eigenvalue weighted by molar-refractivity contribution is 0.199. The van der Waals surface area contributed by atoms with Crippen LogP contribution in [0.5, 0.6) is 0 Å². The molecule has 1 heterocycles. The minimum absolute atomic E-state index is 0.0993. The molecule has 1 aromatic rings. The molecule has 0 saturated carbocycles. The van der Waals surface area contributed by atoms with Crippen LogP contribution in [0.3, 0.4) is 0 Å². The first-order valence-corrected chi connectivity index (χ1v) is 7.97. The molecule has 1 fully saturated rings. The quantitative estimate of drug-likeness (QED) is 0.782. The monoisotopic (exact) mass is 294 g/mol. The van der Waals surface area contributed by atoms with E-state index >= 15 is 0 Å². The third-order valence-electron chi connectivity index (χ3n) is 4.26. The molecule has 0 bridgehead atoms. The Kier molecular flexibility index (Phi) is 6.46. The van der Waals surface area contributed by atoms with E-state index in [1.807, 2.05) is 12.1 Å². The number of hydrogen-bond acceptors (Lipinski definition) is 3. The molecule has 3 nitrogen and oxygen atoms in total. The summed E-state index contributed by atoms with van der Waals surface area (Å²) in [5, 5.41) is 3.24. The molecule has 0 aromatic heterocycles. The fourth-order valence-corrected chi connectivity index (χ4v) is 2.94. The van der Waals surface area contributed by atoms with Gasteiger partial charge in [0, 0.05) is 33.3 Å².